The van der Waals surface area contributed by atoms with Crippen LogP contribution in [-0.2, 0) is 75.9 Å². The van der Waals surface area contributed by atoms with Gasteiger partial charge in [-0.15, -0.1) is 0 Å². The van der Waals surface area contributed by atoms with Crippen LogP contribution in [-0.4, -0.2) is 241 Å². The molecular weight excluding hydrogens is 1090 g/mol. The van der Waals surface area contributed by atoms with E-state index >= 15 is 0 Å². The zero-order valence-electron chi connectivity index (χ0n) is 49.8. The highest BCUT2D eigenvalue weighted by molar-refractivity contribution is 5.82. The van der Waals surface area contributed by atoms with Crippen molar-refractivity contribution in [3.05, 3.63) is 23.3 Å². The first kappa shape index (κ1) is 65.2. The van der Waals surface area contributed by atoms with E-state index in [9.17, 15) is 50.4 Å². The highest BCUT2D eigenvalue weighted by Crippen LogP contribution is 2.67. The molecule has 5 saturated heterocycles. The number of hydrogen-bond acceptors (Lipinski definition) is 24. The van der Waals surface area contributed by atoms with Crippen molar-refractivity contribution in [2.45, 2.75) is 267 Å². The third kappa shape index (κ3) is 13.1. The lowest BCUT2D eigenvalue weighted by Crippen LogP contribution is -2.62. The predicted molar refractivity (Wildman–Crippen MR) is 287 cm³/mol. The average Bonchev–Trinajstić information content (AvgIpc) is 1.99. The maximum absolute atomic E-state index is 13.8. The van der Waals surface area contributed by atoms with Gasteiger partial charge in [0.1, 0.15) is 85.1 Å². The molecule has 5 heterocycles. The van der Waals surface area contributed by atoms with Gasteiger partial charge < -0.3 is 107 Å². The van der Waals surface area contributed by atoms with Crippen molar-refractivity contribution in [3.8, 4) is 0 Å². The van der Waals surface area contributed by atoms with Crippen LogP contribution in [0.4, 0.5) is 0 Å². The number of methoxy groups -OCH3 is 3. The van der Waals surface area contributed by atoms with Crippen LogP contribution < -0.4 is 0 Å². The summed E-state index contributed by atoms with van der Waals surface area (Å²) in [5.74, 6) is -0.538. The number of hydrogen-bond donors (Lipinski definition) is 8. The molecule has 8 fully saturated rings. The summed E-state index contributed by atoms with van der Waals surface area (Å²) in [6, 6.07) is 0. The molecule has 4 aliphatic carbocycles. The highest BCUT2D eigenvalue weighted by atomic mass is 16.8. The second-order valence-corrected chi connectivity index (χ2v) is 25.6. The van der Waals surface area contributed by atoms with Gasteiger partial charge in [-0.1, -0.05) is 31.1 Å². The lowest BCUT2D eigenvalue weighted by molar-refractivity contribution is -0.353. The summed E-state index contributed by atoms with van der Waals surface area (Å²) in [6.45, 7) is 14.0. The van der Waals surface area contributed by atoms with E-state index in [0.717, 1.165) is 31.3 Å². The van der Waals surface area contributed by atoms with E-state index in [1.807, 2.05) is 34.6 Å². The summed E-state index contributed by atoms with van der Waals surface area (Å²) < 4.78 is 85.9. The van der Waals surface area contributed by atoms with E-state index in [1.165, 1.54) is 18.8 Å². The molecule has 24 nitrogen and oxygen atoms in total. The normalized spacial score (nSPS) is 50.1. The number of Topliss-reactive ketones (excluding diaryl/α,β-unsaturated/α-hetero) is 1. The lowest BCUT2D eigenvalue weighted by Gasteiger charge is -2.58. The van der Waals surface area contributed by atoms with Gasteiger partial charge in [-0.25, -0.2) is 4.79 Å². The number of allylic oxidation sites excluding steroid dienone is 2. The number of carbonyl (C=O) groups excluding carboxylic acids is 2. The maximum atomic E-state index is 13.8. The Hall–Kier alpha value is -2.22. The Bertz CT molecular complexity index is 2250. The minimum atomic E-state index is -1.74. The summed E-state index contributed by atoms with van der Waals surface area (Å²) in [5.41, 5.74) is 1.49. The van der Waals surface area contributed by atoms with E-state index in [-0.39, 0.29) is 41.5 Å². The van der Waals surface area contributed by atoms with Gasteiger partial charge in [0.25, 0.3) is 0 Å². The van der Waals surface area contributed by atoms with Crippen LogP contribution in [0.2, 0.25) is 0 Å². The van der Waals surface area contributed by atoms with Crippen molar-refractivity contribution in [2.75, 3.05) is 34.5 Å². The van der Waals surface area contributed by atoms with E-state index in [4.69, 9.17) is 66.3 Å². The lowest BCUT2D eigenvalue weighted by atomic mass is 9.47. The molecule has 83 heavy (non-hydrogen) atoms. The van der Waals surface area contributed by atoms with Gasteiger partial charge in [-0.2, -0.15) is 0 Å². The van der Waals surface area contributed by atoms with Gasteiger partial charge in [0.05, 0.1) is 49.8 Å². The Labute approximate surface area is 486 Å². The van der Waals surface area contributed by atoms with Crippen LogP contribution >= 0.6 is 0 Å². The molecule has 0 bridgehead atoms. The van der Waals surface area contributed by atoms with E-state index in [1.54, 1.807) is 21.1 Å². The molecule has 24 heteroatoms. The quantitative estimate of drug-likeness (QED) is 0.0544. The van der Waals surface area contributed by atoms with Crippen molar-refractivity contribution in [2.24, 2.45) is 34.5 Å². The van der Waals surface area contributed by atoms with Crippen LogP contribution in [0.15, 0.2) is 23.3 Å². The third-order valence-corrected chi connectivity index (χ3v) is 20.2. The van der Waals surface area contributed by atoms with Crippen LogP contribution in [0.25, 0.3) is 0 Å². The minimum Gasteiger partial charge on any atom is -0.454 e. The topological polar surface area (TPSA) is 325 Å². The summed E-state index contributed by atoms with van der Waals surface area (Å²) in [6.07, 6.45) is -16.2. The zero-order valence-corrected chi connectivity index (χ0v) is 49.8. The van der Waals surface area contributed by atoms with Gasteiger partial charge >= 0.3 is 5.97 Å². The molecule has 474 valence electrons. The van der Waals surface area contributed by atoms with Gasteiger partial charge in [0, 0.05) is 46.2 Å². The Morgan fingerprint density at radius 3 is 1.83 bits per heavy atom. The SMILES string of the molecule is CO[C@@H]1[C@@H](O)[C@H](O[C@H]2CC[C@@]3(C)C(=CC[C@H]4[C@@H]5C[C@@H](O[C@@H]6O[C@H](CO[C@@H]7O[C@H](CO)[C@@H](O)[C@H](O)[C@H]7O)[C@@H](O)[C@H](O)[C@H]6O)[C@H](C(C)=O)[C@@]5(C)CC[C@@H]43)C2)O[C@H](C)[C@H]1O[C@H]1C[C@H](OC)[C@H](O[C@H]2C[C@H](OC)[C@H](OC(=O)C=C(C)C)[C@@H](C)O2)[C@@H](C)O1. The largest absolute Gasteiger partial charge is 0.454 e. The summed E-state index contributed by atoms with van der Waals surface area (Å²) in [5, 5.41) is 85.7. The van der Waals surface area contributed by atoms with Gasteiger partial charge in [0.2, 0.25) is 0 Å². The second-order valence-electron chi connectivity index (χ2n) is 25.6. The Kier molecular flexibility index (Phi) is 21.1. The Balaban J connectivity index is 0.792. The summed E-state index contributed by atoms with van der Waals surface area (Å²) in [4.78, 5) is 26.2. The van der Waals surface area contributed by atoms with Crippen LogP contribution in [0.1, 0.15) is 113 Å². The first-order valence-corrected chi connectivity index (χ1v) is 29.9. The van der Waals surface area contributed by atoms with Gasteiger partial charge in [-0.05, 0) is 115 Å². The van der Waals surface area contributed by atoms with Crippen molar-refractivity contribution < 1.29 is 117 Å². The highest BCUT2D eigenvalue weighted by Gasteiger charge is 2.64. The van der Waals surface area contributed by atoms with Crippen molar-refractivity contribution in [1.29, 1.82) is 0 Å². The summed E-state index contributed by atoms with van der Waals surface area (Å²) >= 11 is 0. The number of fused-ring (bicyclic) bond motifs is 5. The second kappa shape index (κ2) is 26.9. The molecule has 0 spiro atoms. The number of ketones is 1. The molecule has 9 rings (SSSR count). The molecule has 0 amide bonds. The molecular formula is C59H94O24. The fourth-order valence-corrected chi connectivity index (χ4v) is 15.8. The van der Waals surface area contributed by atoms with Crippen molar-refractivity contribution in [3.63, 3.8) is 0 Å². The smallest absolute Gasteiger partial charge is 0.331 e. The van der Waals surface area contributed by atoms with Crippen LogP contribution in [0.5, 0.6) is 0 Å². The van der Waals surface area contributed by atoms with Gasteiger partial charge in [0.15, 0.2) is 37.6 Å². The predicted octanol–water partition coefficient (Wildman–Crippen LogP) is 1.23. The van der Waals surface area contributed by atoms with Crippen LogP contribution in [0.3, 0.4) is 0 Å². The fourth-order valence-electron chi connectivity index (χ4n) is 15.8. The maximum Gasteiger partial charge on any atom is 0.331 e. The van der Waals surface area contributed by atoms with Crippen LogP contribution in [0, 0.1) is 34.5 Å². The fraction of sp³-hybridized carbons (Fsp3) is 0.898. The molecule has 9 aliphatic rings. The van der Waals surface area contributed by atoms with E-state index in [0.29, 0.717) is 25.7 Å². The standard InChI is InChI=1S/C59H94O24/c1-25(2)18-40(62)81-51-27(4)74-41(21-36(51)70-9)82-52-28(5)75-42(22-37(52)71-10)83-53-29(6)76-57(50(69)54(53)72-11)77-31-14-16-58(7)30(19-31)12-13-32-33(58)15-17-59(8)34(32)20-35(43(59)26(3)61)78-56-49(68)47(66)45(64)39(80-56)24-73-55-48(67)46(65)44(63)38(23-60)79-55/h12,18,27-29,31-39,41-57,60,63-69H,13-17,19-24H2,1-11H3/t27-,28-,29-,31+,32-,33+,34+,35-,36+,37+,38-,39-,41+,42+,43+,44-,45-,46+,47+,48-,49-,50-,51-,52-,53-,54-,55-,56-,57+,58+,59+/m1/s1. The summed E-state index contributed by atoms with van der Waals surface area (Å²) in [7, 11) is 4.68. The van der Waals surface area contributed by atoms with Crippen molar-refractivity contribution in [1.82, 2.24) is 0 Å². The molecule has 0 unspecified atom stereocenters. The number of ether oxygens (including phenoxy) is 14. The number of rotatable bonds is 18. The Morgan fingerprint density at radius 1 is 0.614 bits per heavy atom. The number of aliphatic hydroxyl groups excluding tert-OH is 8. The zero-order chi connectivity index (χ0) is 60.1. The van der Waals surface area contributed by atoms with Gasteiger partial charge in [-0.3, -0.25) is 4.79 Å². The Morgan fingerprint density at radius 2 is 1.20 bits per heavy atom. The van der Waals surface area contributed by atoms with Crippen molar-refractivity contribution >= 4 is 11.8 Å². The minimum absolute atomic E-state index is 0.0576. The number of aliphatic hydroxyl groups is 8. The monoisotopic (exact) mass is 1190 g/mol. The molecule has 8 N–H and O–H groups in total. The molecule has 0 radical (unpaired) electrons. The number of esters is 1. The number of carbonyl (C=O) groups is 2. The average molecular weight is 1190 g/mol. The molecule has 0 aromatic carbocycles. The molecule has 3 saturated carbocycles. The first-order valence-electron chi connectivity index (χ1n) is 29.9. The van der Waals surface area contributed by atoms with E-state index < -0.39 is 178 Å². The third-order valence-electron chi connectivity index (χ3n) is 20.2. The first-order chi connectivity index (χ1) is 39.3. The molecule has 5 aliphatic heterocycles. The molecule has 31 atom stereocenters. The molecule has 0 aromatic rings. The van der Waals surface area contributed by atoms with E-state index in [2.05, 4.69) is 19.9 Å². The molecule has 0 aromatic heterocycles.